The standard InChI is InChI=1S/C16H20N2O5S/c1-16(2,3)23-15(19)18-10-12(11-6-4-5-7-14(11)18)13-8-9-22-24(20,21)17-13/h4-7,10,13,17H,8-9H2,1-3H3. The quantitative estimate of drug-likeness (QED) is 0.853. The number of nitrogens with zero attached hydrogens (tertiary/aromatic N) is 1. The van der Waals surface area contributed by atoms with Gasteiger partial charge in [-0.15, -0.1) is 0 Å². The minimum absolute atomic E-state index is 0.103. The normalized spacial score (nSPS) is 20.9. The summed E-state index contributed by atoms with van der Waals surface area (Å²) in [5, 5.41) is 0.804. The van der Waals surface area contributed by atoms with Gasteiger partial charge < -0.3 is 4.74 Å². The van der Waals surface area contributed by atoms with E-state index in [1.54, 1.807) is 33.0 Å². The Labute approximate surface area is 140 Å². The van der Waals surface area contributed by atoms with Gasteiger partial charge in [0.05, 0.1) is 18.2 Å². The molecule has 7 nitrogen and oxygen atoms in total. The second kappa shape index (κ2) is 5.87. The minimum atomic E-state index is -3.76. The second-order valence-corrected chi connectivity index (χ2v) is 8.07. The molecule has 2 heterocycles. The summed E-state index contributed by atoms with van der Waals surface area (Å²) in [6.45, 7) is 5.49. The smallest absolute Gasteiger partial charge is 0.419 e. The van der Waals surface area contributed by atoms with Gasteiger partial charge in [-0.05, 0) is 38.8 Å². The zero-order valence-electron chi connectivity index (χ0n) is 13.8. The van der Waals surface area contributed by atoms with Crippen molar-refractivity contribution in [1.82, 2.24) is 9.29 Å². The van der Waals surface area contributed by atoms with Crippen molar-refractivity contribution in [3.63, 3.8) is 0 Å². The Hall–Kier alpha value is -1.90. The molecule has 2 aromatic rings. The minimum Gasteiger partial charge on any atom is -0.443 e. The van der Waals surface area contributed by atoms with Gasteiger partial charge in [-0.3, -0.25) is 8.75 Å². The number of rotatable bonds is 1. The first-order chi connectivity index (χ1) is 11.2. The number of ether oxygens (including phenoxy) is 1. The van der Waals surface area contributed by atoms with Crippen LogP contribution < -0.4 is 4.72 Å². The first kappa shape index (κ1) is 16.9. The lowest BCUT2D eigenvalue weighted by Gasteiger charge is -2.22. The van der Waals surface area contributed by atoms with E-state index in [4.69, 9.17) is 8.92 Å². The van der Waals surface area contributed by atoms with E-state index in [2.05, 4.69) is 4.72 Å². The van der Waals surface area contributed by atoms with Crippen molar-refractivity contribution >= 4 is 27.3 Å². The Bertz CT molecular complexity index is 879. The molecule has 1 saturated heterocycles. The van der Waals surface area contributed by atoms with Crippen LogP contribution in [0.25, 0.3) is 10.9 Å². The predicted octanol–water partition coefficient (Wildman–Crippen LogP) is 2.72. The van der Waals surface area contributed by atoms with Crippen LogP contribution >= 0.6 is 0 Å². The van der Waals surface area contributed by atoms with Crippen LogP contribution in [-0.2, 0) is 19.2 Å². The zero-order chi connectivity index (χ0) is 17.5. The Morgan fingerprint density at radius 2 is 2.04 bits per heavy atom. The van der Waals surface area contributed by atoms with Crippen molar-refractivity contribution in [3.05, 3.63) is 36.0 Å². The third-order valence-corrected chi connectivity index (χ3v) is 4.69. The summed E-state index contributed by atoms with van der Waals surface area (Å²) in [5.74, 6) is 0. The number of aromatic nitrogens is 1. The van der Waals surface area contributed by atoms with Crippen molar-refractivity contribution in [2.45, 2.75) is 38.8 Å². The monoisotopic (exact) mass is 352 g/mol. The van der Waals surface area contributed by atoms with Crippen molar-refractivity contribution in [1.29, 1.82) is 0 Å². The molecule has 1 aliphatic rings. The number of hydrogen-bond donors (Lipinski definition) is 1. The van der Waals surface area contributed by atoms with Gasteiger partial charge in [0.25, 0.3) is 0 Å². The van der Waals surface area contributed by atoms with E-state index in [9.17, 15) is 13.2 Å². The molecule has 0 bridgehead atoms. The predicted molar refractivity (Wildman–Crippen MR) is 88.9 cm³/mol. The zero-order valence-corrected chi connectivity index (χ0v) is 14.6. The van der Waals surface area contributed by atoms with Crippen LogP contribution in [0.15, 0.2) is 30.5 Å². The molecule has 0 aliphatic carbocycles. The van der Waals surface area contributed by atoms with Gasteiger partial charge in [-0.2, -0.15) is 13.1 Å². The van der Waals surface area contributed by atoms with Crippen LogP contribution in [0.4, 0.5) is 4.79 Å². The summed E-state index contributed by atoms with van der Waals surface area (Å²) in [6, 6.07) is 6.88. The lowest BCUT2D eigenvalue weighted by molar-refractivity contribution is 0.0544. The molecular formula is C16H20N2O5S. The molecule has 1 fully saturated rings. The van der Waals surface area contributed by atoms with Crippen molar-refractivity contribution in [2.24, 2.45) is 0 Å². The van der Waals surface area contributed by atoms with Crippen LogP contribution in [0.2, 0.25) is 0 Å². The number of hydrogen-bond acceptors (Lipinski definition) is 5. The highest BCUT2D eigenvalue weighted by atomic mass is 32.2. The highest BCUT2D eigenvalue weighted by Gasteiger charge is 2.29. The molecule has 1 atom stereocenters. The van der Waals surface area contributed by atoms with Gasteiger partial charge in [0, 0.05) is 11.6 Å². The number of carbonyl (C=O) groups is 1. The summed E-state index contributed by atoms with van der Waals surface area (Å²) in [5.41, 5.74) is 0.777. The maximum atomic E-state index is 12.5. The van der Waals surface area contributed by atoms with E-state index >= 15 is 0 Å². The van der Waals surface area contributed by atoms with E-state index < -0.39 is 28.0 Å². The molecule has 8 heteroatoms. The largest absolute Gasteiger partial charge is 0.443 e. The fourth-order valence-corrected chi connectivity index (χ4v) is 3.68. The first-order valence-electron chi connectivity index (χ1n) is 7.66. The average Bonchev–Trinajstić information content (AvgIpc) is 2.84. The van der Waals surface area contributed by atoms with Gasteiger partial charge >= 0.3 is 16.4 Å². The molecular weight excluding hydrogens is 332 g/mol. The van der Waals surface area contributed by atoms with Crippen LogP contribution in [0.5, 0.6) is 0 Å². The fourth-order valence-electron chi connectivity index (χ4n) is 2.71. The molecule has 0 saturated carbocycles. The summed E-state index contributed by atoms with van der Waals surface area (Å²) in [7, 11) is -3.76. The SMILES string of the molecule is CC(C)(C)OC(=O)n1cc(C2CCOS(=O)(=O)N2)c2ccccc21. The summed E-state index contributed by atoms with van der Waals surface area (Å²) in [6.07, 6.45) is 1.62. The van der Waals surface area contributed by atoms with Gasteiger partial charge in [0.2, 0.25) is 0 Å². The van der Waals surface area contributed by atoms with Crippen LogP contribution in [0, 0.1) is 0 Å². The number of para-hydroxylation sites is 1. The van der Waals surface area contributed by atoms with Crippen molar-refractivity contribution in [2.75, 3.05) is 6.61 Å². The maximum Gasteiger partial charge on any atom is 0.419 e. The van der Waals surface area contributed by atoms with E-state index in [1.165, 1.54) is 4.57 Å². The van der Waals surface area contributed by atoms with Crippen LogP contribution in [-0.4, -0.2) is 31.3 Å². The molecule has 24 heavy (non-hydrogen) atoms. The van der Waals surface area contributed by atoms with Gasteiger partial charge in [0.1, 0.15) is 5.60 Å². The average molecular weight is 352 g/mol. The topological polar surface area (TPSA) is 86.6 Å². The molecule has 130 valence electrons. The number of nitrogens with one attached hydrogen (secondary N) is 1. The molecule has 1 aromatic carbocycles. The molecule has 0 radical (unpaired) electrons. The van der Waals surface area contributed by atoms with Crippen molar-refractivity contribution in [3.8, 4) is 0 Å². The highest BCUT2D eigenvalue weighted by molar-refractivity contribution is 7.84. The summed E-state index contributed by atoms with van der Waals surface area (Å²) < 4.78 is 37.4. The van der Waals surface area contributed by atoms with Gasteiger partial charge in [-0.1, -0.05) is 18.2 Å². The number of benzene rings is 1. The molecule has 1 N–H and O–H groups in total. The Balaban J connectivity index is 2.05. The van der Waals surface area contributed by atoms with E-state index in [0.29, 0.717) is 11.9 Å². The molecule has 0 amide bonds. The Morgan fingerprint density at radius 3 is 2.71 bits per heavy atom. The summed E-state index contributed by atoms with van der Waals surface area (Å²) in [4.78, 5) is 12.5. The summed E-state index contributed by atoms with van der Waals surface area (Å²) >= 11 is 0. The third kappa shape index (κ3) is 3.45. The Kier molecular flexibility index (Phi) is 4.15. The molecule has 1 aliphatic heterocycles. The lowest BCUT2D eigenvalue weighted by atomic mass is 10.0. The fraction of sp³-hybridized carbons (Fsp3) is 0.438. The Morgan fingerprint density at radius 1 is 1.33 bits per heavy atom. The first-order valence-corrected chi connectivity index (χ1v) is 9.07. The molecule has 1 unspecified atom stereocenters. The number of carbonyl (C=O) groups excluding carboxylic acids is 1. The van der Waals surface area contributed by atoms with E-state index in [1.807, 2.05) is 18.2 Å². The van der Waals surface area contributed by atoms with E-state index in [-0.39, 0.29) is 6.61 Å². The molecule has 3 rings (SSSR count). The molecule has 1 aromatic heterocycles. The second-order valence-electron chi connectivity index (χ2n) is 6.69. The van der Waals surface area contributed by atoms with E-state index in [0.717, 1.165) is 10.9 Å². The van der Waals surface area contributed by atoms with Crippen LogP contribution in [0.1, 0.15) is 38.8 Å². The maximum absolute atomic E-state index is 12.5. The highest BCUT2D eigenvalue weighted by Crippen LogP contribution is 2.31. The number of fused-ring (bicyclic) bond motifs is 1. The third-order valence-electron chi connectivity index (χ3n) is 3.64. The van der Waals surface area contributed by atoms with Crippen LogP contribution in [0.3, 0.4) is 0 Å². The van der Waals surface area contributed by atoms with Crippen molar-refractivity contribution < 1.29 is 22.1 Å². The molecule has 0 spiro atoms. The lowest BCUT2D eigenvalue weighted by Crippen LogP contribution is -2.36. The van der Waals surface area contributed by atoms with Gasteiger partial charge in [0.15, 0.2) is 0 Å². The van der Waals surface area contributed by atoms with Gasteiger partial charge in [-0.25, -0.2) is 4.79 Å².